The molecule has 0 radical (unpaired) electrons. The van der Waals surface area contributed by atoms with Crippen LogP contribution in [0.15, 0.2) is 18.3 Å². The van der Waals surface area contributed by atoms with Gasteiger partial charge in [0.1, 0.15) is 11.5 Å². The zero-order valence-electron chi connectivity index (χ0n) is 10.4. The van der Waals surface area contributed by atoms with Gasteiger partial charge in [0.15, 0.2) is 0 Å². The first kappa shape index (κ1) is 13.0. The van der Waals surface area contributed by atoms with Gasteiger partial charge in [0, 0.05) is 6.04 Å². The van der Waals surface area contributed by atoms with Crippen molar-refractivity contribution in [3.05, 3.63) is 29.8 Å². The van der Waals surface area contributed by atoms with Crippen molar-refractivity contribution in [1.29, 1.82) is 0 Å². The highest BCUT2D eigenvalue weighted by atomic mass is 19.1. The van der Waals surface area contributed by atoms with Crippen LogP contribution in [0.4, 0.5) is 4.39 Å². The van der Waals surface area contributed by atoms with Crippen LogP contribution < -0.4 is 10.6 Å². The van der Waals surface area contributed by atoms with Gasteiger partial charge in [-0.15, -0.1) is 0 Å². The molecule has 0 aliphatic carbocycles. The minimum absolute atomic E-state index is 0.0946. The van der Waals surface area contributed by atoms with Crippen molar-refractivity contribution in [3.8, 4) is 0 Å². The van der Waals surface area contributed by atoms with Gasteiger partial charge in [0.25, 0.3) is 5.91 Å². The van der Waals surface area contributed by atoms with Gasteiger partial charge in [-0.1, -0.05) is 0 Å². The largest absolute Gasteiger partial charge is 0.348 e. The van der Waals surface area contributed by atoms with Crippen molar-refractivity contribution < 1.29 is 9.18 Å². The van der Waals surface area contributed by atoms with Crippen LogP contribution in [0, 0.1) is 11.7 Å². The molecule has 5 heteroatoms. The summed E-state index contributed by atoms with van der Waals surface area (Å²) in [5.74, 6) is -0.229. The lowest BCUT2D eigenvalue weighted by atomic mass is 9.93. The summed E-state index contributed by atoms with van der Waals surface area (Å²) in [6.07, 6.45) is 3.31. The molecular formula is C13H18FN3O. The number of carbonyl (C=O) groups excluding carboxylic acids is 1. The Labute approximate surface area is 106 Å². The number of nitrogens with zero attached hydrogens (tertiary/aromatic N) is 1. The summed E-state index contributed by atoms with van der Waals surface area (Å²) in [6.45, 7) is 3.98. The molecule has 1 saturated heterocycles. The van der Waals surface area contributed by atoms with Crippen molar-refractivity contribution in [2.75, 3.05) is 13.1 Å². The smallest absolute Gasteiger partial charge is 0.270 e. The van der Waals surface area contributed by atoms with Crippen LogP contribution in [0.25, 0.3) is 0 Å². The van der Waals surface area contributed by atoms with E-state index in [2.05, 4.69) is 15.6 Å². The van der Waals surface area contributed by atoms with Crippen LogP contribution in [0.1, 0.15) is 30.3 Å². The maximum atomic E-state index is 12.7. The van der Waals surface area contributed by atoms with E-state index in [0.717, 1.165) is 32.1 Å². The normalized spacial score (nSPS) is 21.3. The fourth-order valence-electron chi connectivity index (χ4n) is 2.21. The van der Waals surface area contributed by atoms with E-state index in [1.54, 1.807) is 0 Å². The van der Waals surface area contributed by atoms with Crippen LogP contribution in [-0.4, -0.2) is 30.0 Å². The molecule has 1 aromatic heterocycles. The van der Waals surface area contributed by atoms with E-state index in [9.17, 15) is 9.18 Å². The number of carbonyl (C=O) groups is 1. The minimum Gasteiger partial charge on any atom is -0.348 e. The molecule has 1 fully saturated rings. The Hall–Kier alpha value is -1.49. The van der Waals surface area contributed by atoms with Gasteiger partial charge < -0.3 is 10.6 Å². The highest BCUT2D eigenvalue weighted by Gasteiger charge is 2.21. The van der Waals surface area contributed by atoms with E-state index in [1.165, 1.54) is 12.1 Å². The van der Waals surface area contributed by atoms with Crippen molar-refractivity contribution in [3.63, 3.8) is 0 Å². The fourth-order valence-corrected chi connectivity index (χ4v) is 2.21. The standard InChI is InChI=1S/C13H18FN3O/c1-9(10-3-2-6-15-7-10)17-13(18)12-5-4-11(14)8-16-12/h4-5,8-10,15H,2-3,6-7H2,1H3,(H,17,18). The van der Waals surface area contributed by atoms with E-state index in [4.69, 9.17) is 0 Å². The summed E-state index contributed by atoms with van der Waals surface area (Å²) in [7, 11) is 0. The number of aromatic nitrogens is 1. The third-order valence-electron chi connectivity index (χ3n) is 3.36. The Kier molecular flexibility index (Phi) is 4.25. The molecule has 0 aromatic carbocycles. The number of halogens is 1. The quantitative estimate of drug-likeness (QED) is 0.852. The van der Waals surface area contributed by atoms with Crippen molar-refractivity contribution in [1.82, 2.24) is 15.6 Å². The molecule has 2 N–H and O–H groups in total. The molecule has 4 nitrogen and oxygen atoms in total. The topological polar surface area (TPSA) is 54.0 Å². The Bertz CT molecular complexity index is 401. The number of hydrogen-bond acceptors (Lipinski definition) is 3. The molecule has 1 amide bonds. The van der Waals surface area contributed by atoms with E-state index in [-0.39, 0.29) is 17.6 Å². The monoisotopic (exact) mass is 251 g/mol. The molecule has 0 bridgehead atoms. The van der Waals surface area contributed by atoms with E-state index < -0.39 is 5.82 Å². The molecule has 1 aliphatic rings. The third kappa shape index (κ3) is 3.26. The number of rotatable bonds is 3. The van der Waals surface area contributed by atoms with Crippen LogP contribution >= 0.6 is 0 Å². The van der Waals surface area contributed by atoms with E-state index in [1.807, 2.05) is 6.92 Å². The second kappa shape index (κ2) is 5.91. The second-order valence-electron chi connectivity index (χ2n) is 4.73. The summed E-state index contributed by atoms with van der Waals surface area (Å²) >= 11 is 0. The van der Waals surface area contributed by atoms with Gasteiger partial charge in [-0.2, -0.15) is 0 Å². The van der Waals surface area contributed by atoms with Crippen LogP contribution in [0.3, 0.4) is 0 Å². The summed E-state index contributed by atoms with van der Waals surface area (Å²) < 4.78 is 12.7. The molecular weight excluding hydrogens is 233 g/mol. The molecule has 2 atom stereocenters. The van der Waals surface area contributed by atoms with E-state index in [0.29, 0.717) is 5.92 Å². The summed E-state index contributed by atoms with van der Waals surface area (Å²) in [5.41, 5.74) is 0.256. The van der Waals surface area contributed by atoms with E-state index >= 15 is 0 Å². The molecule has 2 unspecified atom stereocenters. The summed E-state index contributed by atoms with van der Waals surface area (Å²) in [5, 5.41) is 6.24. The number of nitrogens with one attached hydrogen (secondary N) is 2. The van der Waals surface area contributed by atoms with Crippen molar-refractivity contribution in [2.24, 2.45) is 5.92 Å². The predicted molar refractivity (Wildman–Crippen MR) is 66.7 cm³/mol. The van der Waals surface area contributed by atoms with Gasteiger partial charge in [-0.3, -0.25) is 4.79 Å². The molecule has 0 saturated carbocycles. The third-order valence-corrected chi connectivity index (χ3v) is 3.36. The van der Waals surface area contributed by atoms with Gasteiger partial charge in [0.2, 0.25) is 0 Å². The second-order valence-corrected chi connectivity index (χ2v) is 4.73. The maximum Gasteiger partial charge on any atom is 0.270 e. The van der Waals surface area contributed by atoms with Crippen molar-refractivity contribution >= 4 is 5.91 Å². The molecule has 1 aliphatic heterocycles. The maximum absolute atomic E-state index is 12.7. The number of hydrogen-bond donors (Lipinski definition) is 2. The molecule has 98 valence electrons. The zero-order valence-corrected chi connectivity index (χ0v) is 10.4. The first-order chi connectivity index (χ1) is 8.66. The SMILES string of the molecule is CC(NC(=O)c1ccc(F)cn1)C1CCCNC1. The first-order valence-electron chi connectivity index (χ1n) is 6.30. The van der Waals surface area contributed by atoms with Gasteiger partial charge >= 0.3 is 0 Å². The predicted octanol–water partition coefficient (Wildman–Crippen LogP) is 1.34. The van der Waals surface area contributed by atoms with Gasteiger partial charge in [0.05, 0.1) is 6.20 Å². The minimum atomic E-state index is -0.434. The molecule has 2 rings (SSSR count). The number of piperidine rings is 1. The number of amides is 1. The molecule has 2 heterocycles. The molecule has 1 aromatic rings. The fraction of sp³-hybridized carbons (Fsp3) is 0.538. The summed E-state index contributed by atoms with van der Waals surface area (Å²) in [6, 6.07) is 2.74. The molecule has 18 heavy (non-hydrogen) atoms. The lowest BCUT2D eigenvalue weighted by Crippen LogP contribution is -2.44. The zero-order chi connectivity index (χ0) is 13.0. The lowest BCUT2D eigenvalue weighted by Gasteiger charge is -2.28. The van der Waals surface area contributed by atoms with Gasteiger partial charge in [-0.05, 0) is 50.9 Å². The van der Waals surface area contributed by atoms with Crippen molar-refractivity contribution in [2.45, 2.75) is 25.8 Å². The molecule has 0 spiro atoms. The highest BCUT2D eigenvalue weighted by Crippen LogP contribution is 2.14. The Morgan fingerprint density at radius 1 is 1.61 bits per heavy atom. The summed E-state index contributed by atoms with van der Waals surface area (Å²) in [4.78, 5) is 15.7. The highest BCUT2D eigenvalue weighted by molar-refractivity contribution is 5.92. The number of pyridine rings is 1. The lowest BCUT2D eigenvalue weighted by molar-refractivity contribution is 0.0917. The Morgan fingerprint density at radius 3 is 3.06 bits per heavy atom. The average Bonchev–Trinajstić information content (AvgIpc) is 2.40. The van der Waals surface area contributed by atoms with Crippen LogP contribution in [0.5, 0.6) is 0 Å². The van der Waals surface area contributed by atoms with Gasteiger partial charge in [-0.25, -0.2) is 9.37 Å². The first-order valence-corrected chi connectivity index (χ1v) is 6.30. The van der Waals surface area contributed by atoms with Crippen LogP contribution in [-0.2, 0) is 0 Å². The Morgan fingerprint density at radius 2 is 2.44 bits per heavy atom. The Balaban J connectivity index is 1.91. The average molecular weight is 251 g/mol. The van der Waals surface area contributed by atoms with Crippen LogP contribution in [0.2, 0.25) is 0 Å².